The number of carbonyl (C=O) groups excluding carboxylic acids is 1. The van der Waals surface area contributed by atoms with Gasteiger partial charge in [0.2, 0.25) is 0 Å². The Bertz CT molecular complexity index is 808. The number of carbonyl (C=O) groups is 2. The average molecular weight is 344 g/mol. The normalized spacial score (nSPS) is 14.1. The molecule has 1 aliphatic heterocycles. The summed E-state index contributed by atoms with van der Waals surface area (Å²) in [6, 6.07) is 5.35. The second kappa shape index (κ2) is 6.19. The maximum Gasteiger partial charge on any atom is 0.410 e. The number of carboxylic acids is 1. The summed E-state index contributed by atoms with van der Waals surface area (Å²) in [6.07, 6.45) is 1.64. The van der Waals surface area contributed by atoms with Gasteiger partial charge in [0.05, 0.1) is 12.2 Å². The number of aromatic nitrogens is 3. The molecule has 1 aliphatic rings. The Hall–Kier alpha value is -2.90. The highest BCUT2D eigenvalue weighted by Crippen LogP contribution is 2.26. The van der Waals surface area contributed by atoms with Crippen LogP contribution < -0.4 is 0 Å². The lowest BCUT2D eigenvalue weighted by molar-refractivity contribution is 0.0221. The van der Waals surface area contributed by atoms with Crippen LogP contribution in [0.1, 0.15) is 42.5 Å². The number of pyridine rings is 1. The molecule has 3 rings (SSSR count). The number of carboxylic acid groups (broad SMARTS) is 1. The summed E-state index contributed by atoms with van der Waals surface area (Å²) >= 11 is 0. The monoisotopic (exact) mass is 344 g/mol. The van der Waals surface area contributed by atoms with Crippen LogP contribution in [0.25, 0.3) is 5.82 Å². The van der Waals surface area contributed by atoms with Crippen LogP contribution >= 0.6 is 0 Å². The Kier molecular flexibility index (Phi) is 4.20. The highest BCUT2D eigenvalue weighted by molar-refractivity contribution is 5.88. The topological polar surface area (TPSA) is 97.5 Å². The molecule has 0 fully saturated rings. The van der Waals surface area contributed by atoms with E-state index in [4.69, 9.17) is 4.74 Å². The van der Waals surface area contributed by atoms with Crippen molar-refractivity contribution in [3.63, 3.8) is 0 Å². The Morgan fingerprint density at radius 3 is 2.64 bits per heavy atom. The number of aromatic carboxylic acids is 1. The summed E-state index contributed by atoms with van der Waals surface area (Å²) in [4.78, 5) is 29.6. The number of fused-ring (bicyclic) bond motifs is 1. The van der Waals surface area contributed by atoms with E-state index >= 15 is 0 Å². The minimum Gasteiger partial charge on any atom is -0.476 e. The Morgan fingerprint density at radius 1 is 1.28 bits per heavy atom. The van der Waals surface area contributed by atoms with E-state index in [2.05, 4.69) is 10.1 Å². The summed E-state index contributed by atoms with van der Waals surface area (Å²) < 4.78 is 6.93. The van der Waals surface area contributed by atoms with Crippen molar-refractivity contribution in [2.45, 2.75) is 39.3 Å². The molecule has 0 radical (unpaired) electrons. The number of nitrogens with zero attached hydrogens (tertiary/aromatic N) is 4. The van der Waals surface area contributed by atoms with Gasteiger partial charge in [-0.15, -0.1) is 0 Å². The molecular weight excluding hydrogens is 324 g/mol. The first-order valence-corrected chi connectivity index (χ1v) is 7.99. The zero-order valence-corrected chi connectivity index (χ0v) is 14.4. The van der Waals surface area contributed by atoms with Crippen molar-refractivity contribution < 1.29 is 19.4 Å². The van der Waals surface area contributed by atoms with Crippen LogP contribution in [0, 0.1) is 0 Å². The molecule has 0 saturated heterocycles. The zero-order chi connectivity index (χ0) is 18.2. The van der Waals surface area contributed by atoms with Gasteiger partial charge in [-0.1, -0.05) is 6.07 Å². The third-order valence-corrected chi connectivity index (χ3v) is 3.78. The van der Waals surface area contributed by atoms with Crippen LogP contribution in [-0.4, -0.2) is 49.0 Å². The van der Waals surface area contributed by atoms with Gasteiger partial charge in [-0.2, -0.15) is 5.10 Å². The first kappa shape index (κ1) is 16.9. The molecule has 0 aliphatic carbocycles. The van der Waals surface area contributed by atoms with Crippen molar-refractivity contribution in [2.75, 3.05) is 6.54 Å². The van der Waals surface area contributed by atoms with E-state index in [1.54, 1.807) is 43.8 Å². The van der Waals surface area contributed by atoms with Crippen LogP contribution in [-0.2, 0) is 17.7 Å². The number of ether oxygens (including phenoxy) is 1. The van der Waals surface area contributed by atoms with Gasteiger partial charge in [0.15, 0.2) is 11.5 Å². The van der Waals surface area contributed by atoms with Gasteiger partial charge in [-0.05, 0) is 32.9 Å². The number of rotatable bonds is 2. The van der Waals surface area contributed by atoms with Crippen molar-refractivity contribution in [3.05, 3.63) is 41.3 Å². The van der Waals surface area contributed by atoms with Gasteiger partial charge in [-0.3, -0.25) is 0 Å². The van der Waals surface area contributed by atoms with Crippen molar-refractivity contribution in [1.82, 2.24) is 19.7 Å². The lowest BCUT2D eigenvalue weighted by Gasteiger charge is -2.30. The fourth-order valence-corrected chi connectivity index (χ4v) is 2.74. The number of hydrogen-bond donors (Lipinski definition) is 1. The van der Waals surface area contributed by atoms with Gasteiger partial charge in [0, 0.05) is 24.7 Å². The standard InChI is InChI=1S/C17H20N4O4/c1-17(2,3)25-16(24)20-9-7-12-11(10-20)14(15(22)23)19-21(12)13-6-4-5-8-18-13/h4-6,8H,7,9-10H2,1-3H3,(H,22,23). The minimum atomic E-state index is -1.13. The Balaban J connectivity index is 1.95. The summed E-state index contributed by atoms with van der Waals surface area (Å²) in [5, 5.41) is 13.7. The second-order valence-electron chi connectivity index (χ2n) is 6.83. The largest absolute Gasteiger partial charge is 0.476 e. The van der Waals surface area contributed by atoms with Gasteiger partial charge in [0.1, 0.15) is 5.60 Å². The van der Waals surface area contributed by atoms with E-state index < -0.39 is 17.7 Å². The predicted molar refractivity (Wildman–Crippen MR) is 88.7 cm³/mol. The Labute approximate surface area is 145 Å². The van der Waals surface area contributed by atoms with E-state index in [0.29, 0.717) is 24.3 Å². The van der Waals surface area contributed by atoms with Crippen molar-refractivity contribution in [1.29, 1.82) is 0 Å². The summed E-state index contributed by atoms with van der Waals surface area (Å²) in [5.41, 5.74) is 0.616. The maximum absolute atomic E-state index is 12.3. The third-order valence-electron chi connectivity index (χ3n) is 3.78. The van der Waals surface area contributed by atoms with Gasteiger partial charge in [0.25, 0.3) is 0 Å². The first-order valence-electron chi connectivity index (χ1n) is 7.99. The molecule has 0 aromatic carbocycles. The van der Waals surface area contributed by atoms with Crippen LogP contribution in [0.5, 0.6) is 0 Å². The van der Waals surface area contributed by atoms with E-state index in [1.165, 1.54) is 4.90 Å². The smallest absolute Gasteiger partial charge is 0.410 e. The zero-order valence-electron chi connectivity index (χ0n) is 14.4. The van der Waals surface area contributed by atoms with Crippen LogP contribution in [0.3, 0.4) is 0 Å². The van der Waals surface area contributed by atoms with Crippen LogP contribution in [0.4, 0.5) is 4.79 Å². The molecule has 132 valence electrons. The molecule has 25 heavy (non-hydrogen) atoms. The maximum atomic E-state index is 12.3. The molecule has 0 atom stereocenters. The van der Waals surface area contributed by atoms with Crippen molar-refractivity contribution in [3.8, 4) is 5.82 Å². The van der Waals surface area contributed by atoms with Gasteiger partial charge >= 0.3 is 12.1 Å². The lowest BCUT2D eigenvalue weighted by Crippen LogP contribution is -2.40. The quantitative estimate of drug-likeness (QED) is 0.897. The van der Waals surface area contributed by atoms with E-state index in [0.717, 1.165) is 5.69 Å². The summed E-state index contributed by atoms with van der Waals surface area (Å²) in [5.74, 6) is -0.575. The van der Waals surface area contributed by atoms with Crippen molar-refractivity contribution >= 4 is 12.1 Å². The van der Waals surface area contributed by atoms with E-state index in [1.807, 2.05) is 6.07 Å². The van der Waals surface area contributed by atoms with Crippen LogP contribution in [0.2, 0.25) is 0 Å². The molecule has 0 saturated carbocycles. The predicted octanol–water partition coefficient (Wildman–Crippen LogP) is 2.26. The molecule has 2 aromatic rings. The molecular formula is C17H20N4O4. The van der Waals surface area contributed by atoms with Gasteiger partial charge in [-0.25, -0.2) is 19.3 Å². The molecule has 0 spiro atoms. The highest BCUT2D eigenvalue weighted by Gasteiger charge is 2.32. The van der Waals surface area contributed by atoms with Gasteiger partial charge < -0.3 is 14.7 Å². The molecule has 3 heterocycles. The average Bonchev–Trinajstić information content (AvgIpc) is 2.93. The summed E-state index contributed by atoms with van der Waals surface area (Å²) in [6.45, 7) is 5.96. The fourth-order valence-electron chi connectivity index (χ4n) is 2.74. The van der Waals surface area contributed by atoms with Crippen molar-refractivity contribution in [2.24, 2.45) is 0 Å². The van der Waals surface area contributed by atoms with E-state index in [9.17, 15) is 14.7 Å². The molecule has 2 aromatic heterocycles. The highest BCUT2D eigenvalue weighted by atomic mass is 16.6. The summed E-state index contributed by atoms with van der Waals surface area (Å²) in [7, 11) is 0. The molecule has 8 nitrogen and oxygen atoms in total. The van der Waals surface area contributed by atoms with Crippen LogP contribution in [0.15, 0.2) is 24.4 Å². The number of amides is 1. The lowest BCUT2D eigenvalue weighted by atomic mass is 10.1. The third kappa shape index (κ3) is 3.47. The SMILES string of the molecule is CC(C)(C)OC(=O)N1CCc2c(c(C(=O)O)nn2-c2ccccn2)C1. The fraction of sp³-hybridized carbons (Fsp3) is 0.412. The molecule has 1 amide bonds. The first-order chi connectivity index (χ1) is 11.8. The molecule has 1 N–H and O–H groups in total. The van der Waals surface area contributed by atoms with E-state index in [-0.39, 0.29) is 12.2 Å². The molecule has 8 heteroatoms. The molecule has 0 unspecified atom stereocenters. The Morgan fingerprint density at radius 2 is 2.04 bits per heavy atom. The second-order valence-corrected chi connectivity index (χ2v) is 6.83. The number of hydrogen-bond acceptors (Lipinski definition) is 5. The minimum absolute atomic E-state index is 0.0612. The molecule has 0 bridgehead atoms.